The van der Waals surface area contributed by atoms with Crippen molar-refractivity contribution in [2.24, 2.45) is 0 Å². The van der Waals surface area contributed by atoms with E-state index in [9.17, 15) is 13.2 Å². The number of carbonyl (C=O) groups is 1. The highest BCUT2D eigenvalue weighted by Gasteiger charge is 2.32. The largest absolute Gasteiger partial charge is 0.486 e. The van der Waals surface area contributed by atoms with Crippen LogP contribution in [0.1, 0.15) is 39.7 Å². The molecule has 33 heavy (non-hydrogen) atoms. The number of ether oxygens (including phenoxy) is 2. The molecule has 3 heterocycles. The van der Waals surface area contributed by atoms with Gasteiger partial charge < -0.3 is 14.4 Å². The van der Waals surface area contributed by atoms with E-state index in [1.54, 1.807) is 12.1 Å². The molecule has 0 aliphatic carbocycles. The fourth-order valence-electron chi connectivity index (χ4n) is 4.25. The van der Waals surface area contributed by atoms with Crippen LogP contribution in [0.3, 0.4) is 0 Å². The van der Waals surface area contributed by atoms with Crippen LogP contribution in [-0.2, 0) is 16.6 Å². The van der Waals surface area contributed by atoms with E-state index in [0.717, 1.165) is 23.3 Å². The lowest BCUT2D eigenvalue weighted by atomic mass is 10.0. The number of benzene rings is 2. The molecule has 0 saturated carbocycles. The van der Waals surface area contributed by atoms with Gasteiger partial charge in [-0.2, -0.15) is 0 Å². The highest BCUT2D eigenvalue weighted by atomic mass is 32.2. The van der Waals surface area contributed by atoms with Gasteiger partial charge in [-0.3, -0.25) is 4.79 Å². The van der Waals surface area contributed by atoms with E-state index in [4.69, 9.17) is 9.47 Å². The Kier molecular flexibility index (Phi) is 6.09. The van der Waals surface area contributed by atoms with E-state index in [-0.39, 0.29) is 23.4 Å². The molecule has 2 aliphatic heterocycles. The summed E-state index contributed by atoms with van der Waals surface area (Å²) in [5.74, 6) is 1.24. The lowest BCUT2D eigenvalue weighted by Gasteiger charge is -2.27. The highest BCUT2D eigenvalue weighted by molar-refractivity contribution is 7.89. The first-order chi connectivity index (χ1) is 16.0. The van der Waals surface area contributed by atoms with Crippen LogP contribution in [0.5, 0.6) is 11.5 Å². The van der Waals surface area contributed by atoms with Crippen molar-refractivity contribution in [3.8, 4) is 11.5 Å². The van der Waals surface area contributed by atoms with Crippen molar-refractivity contribution in [2.75, 3.05) is 19.8 Å². The lowest BCUT2D eigenvalue weighted by Crippen LogP contribution is -2.31. The third-order valence-electron chi connectivity index (χ3n) is 5.87. The second-order valence-electron chi connectivity index (χ2n) is 7.99. The number of hydrogen-bond acceptors (Lipinski definition) is 6. The molecule has 1 aromatic heterocycles. The number of carbonyl (C=O) groups excluding carboxylic acids is 1. The zero-order chi connectivity index (χ0) is 22.8. The molecule has 1 fully saturated rings. The van der Waals surface area contributed by atoms with Gasteiger partial charge in [0.2, 0.25) is 10.0 Å². The number of rotatable bonds is 6. The molecule has 9 heteroatoms. The van der Waals surface area contributed by atoms with Gasteiger partial charge >= 0.3 is 0 Å². The Morgan fingerprint density at radius 1 is 1.06 bits per heavy atom. The molecule has 1 N–H and O–H groups in total. The summed E-state index contributed by atoms with van der Waals surface area (Å²) in [6.45, 7) is 1.87. The second-order valence-corrected chi connectivity index (χ2v) is 10.8. The van der Waals surface area contributed by atoms with Crippen LogP contribution >= 0.6 is 11.3 Å². The van der Waals surface area contributed by atoms with Crippen molar-refractivity contribution in [3.05, 3.63) is 76.0 Å². The number of amides is 1. The van der Waals surface area contributed by atoms with Crippen molar-refractivity contribution in [1.82, 2.24) is 9.62 Å². The molecule has 0 unspecified atom stereocenters. The summed E-state index contributed by atoms with van der Waals surface area (Å²) in [5, 5.41) is 1.90. The van der Waals surface area contributed by atoms with E-state index < -0.39 is 10.0 Å². The van der Waals surface area contributed by atoms with Crippen LogP contribution in [0.15, 0.2) is 64.9 Å². The predicted octanol–water partition coefficient (Wildman–Crippen LogP) is 3.98. The van der Waals surface area contributed by atoms with Gasteiger partial charge in [-0.15, -0.1) is 11.3 Å². The zero-order valence-electron chi connectivity index (χ0n) is 17.9. The first-order valence-electron chi connectivity index (χ1n) is 10.8. The van der Waals surface area contributed by atoms with Crippen molar-refractivity contribution in [2.45, 2.75) is 30.3 Å². The van der Waals surface area contributed by atoms with Gasteiger partial charge in [-0.25, -0.2) is 13.1 Å². The smallest absolute Gasteiger partial charge is 0.254 e. The van der Waals surface area contributed by atoms with Gasteiger partial charge in [0.25, 0.3) is 5.91 Å². The standard InChI is InChI=1S/C24H24N2O5S2/c27-24(18-4-1-6-20(14-18)33(28,29)25-16-19-5-3-13-32-19)26-10-2-7-21(26)17-8-9-22-23(15-17)31-12-11-30-22/h1,3-6,8-9,13-15,21,25H,2,7,10-12,16H2/t21-/m1/s1. The van der Waals surface area contributed by atoms with E-state index >= 15 is 0 Å². The molecule has 1 atom stereocenters. The zero-order valence-corrected chi connectivity index (χ0v) is 19.5. The molecule has 0 spiro atoms. The summed E-state index contributed by atoms with van der Waals surface area (Å²) in [7, 11) is -3.74. The van der Waals surface area contributed by atoms with Gasteiger partial charge in [-0.05, 0) is 60.2 Å². The van der Waals surface area contributed by atoms with Gasteiger partial charge in [0.1, 0.15) is 13.2 Å². The van der Waals surface area contributed by atoms with Crippen molar-refractivity contribution >= 4 is 27.3 Å². The summed E-state index contributed by atoms with van der Waals surface area (Å²) < 4.78 is 39.5. The van der Waals surface area contributed by atoms with Crippen molar-refractivity contribution in [1.29, 1.82) is 0 Å². The molecular weight excluding hydrogens is 460 g/mol. The van der Waals surface area contributed by atoms with Gasteiger partial charge in [0, 0.05) is 23.5 Å². The third kappa shape index (κ3) is 4.62. The van der Waals surface area contributed by atoms with Gasteiger partial charge in [-0.1, -0.05) is 18.2 Å². The van der Waals surface area contributed by atoms with E-state index in [1.165, 1.54) is 23.5 Å². The van der Waals surface area contributed by atoms with Crippen LogP contribution in [0.4, 0.5) is 0 Å². The quantitative estimate of drug-likeness (QED) is 0.572. The number of sulfonamides is 1. The van der Waals surface area contributed by atoms with Crippen LogP contribution in [0, 0.1) is 0 Å². The Morgan fingerprint density at radius 2 is 1.91 bits per heavy atom. The number of fused-ring (bicyclic) bond motifs is 1. The fraction of sp³-hybridized carbons (Fsp3) is 0.292. The van der Waals surface area contributed by atoms with Crippen molar-refractivity contribution in [3.63, 3.8) is 0 Å². The topological polar surface area (TPSA) is 84.9 Å². The number of hydrogen-bond donors (Lipinski definition) is 1. The Balaban J connectivity index is 1.35. The molecule has 2 aromatic carbocycles. The number of nitrogens with zero attached hydrogens (tertiary/aromatic N) is 1. The van der Waals surface area contributed by atoms with E-state index in [0.29, 0.717) is 36.8 Å². The first-order valence-corrected chi connectivity index (χ1v) is 13.2. The number of likely N-dealkylation sites (tertiary alicyclic amines) is 1. The lowest BCUT2D eigenvalue weighted by molar-refractivity contribution is 0.0735. The second kappa shape index (κ2) is 9.17. The molecule has 1 amide bonds. The van der Waals surface area contributed by atoms with Crippen LogP contribution in [0.25, 0.3) is 0 Å². The first kappa shape index (κ1) is 21.9. The number of thiophene rings is 1. The Labute approximate surface area is 197 Å². The Bertz CT molecular complexity index is 1260. The molecule has 2 aliphatic rings. The van der Waals surface area contributed by atoms with Crippen molar-refractivity contribution < 1.29 is 22.7 Å². The van der Waals surface area contributed by atoms with E-state index in [2.05, 4.69) is 4.72 Å². The summed E-state index contributed by atoms with van der Waals surface area (Å²) in [5.41, 5.74) is 1.35. The molecule has 172 valence electrons. The average molecular weight is 485 g/mol. The molecule has 0 radical (unpaired) electrons. The maximum atomic E-state index is 13.4. The Hall–Kier alpha value is -2.88. The molecule has 1 saturated heterocycles. The maximum absolute atomic E-state index is 13.4. The monoisotopic (exact) mass is 484 g/mol. The summed E-state index contributed by atoms with van der Waals surface area (Å²) in [4.78, 5) is 16.2. The summed E-state index contributed by atoms with van der Waals surface area (Å²) >= 11 is 1.49. The molecular formula is C24H24N2O5S2. The predicted molar refractivity (Wildman–Crippen MR) is 125 cm³/mol. The normalized spacial score (nSPS) is 17.8. The van der Waals surface area contributed by atoms with Gasteiger partial charge in [0.15, 0.2) is 11.5 Å². The van der Waals surface area contributed by atoms with E-state index in [1.807, 2.05) is 40.6 Å². The fourth-order valence-corrected chi connectivity index (χ4v) is 6.04. The minimum atomic E-state index is -3.74. The van der Waals surface area contributed by atoms with Crippen LogP contribution < -0.4 is 14.2 Å². The van der Waals surface area contributed by atoms with Gasteiger partial charge in [0.05, 0.1) is 10.9 Å². The molecule has 7 nitrogen and oxygen atoms in total. The minimum absolute atomic E-state index is 0.0833. The number of nitrogens with one attached hydrogen (secondary N) is 1. The summed E-state index contributed by atoms with van der Waals surface area (Å²) in [6, 6.07) is 15.7. The van der Waals surface area contributed by atoms with Crippen LogP contribution in [-0.4, -0.2) is 39.0 Å². The maximum Gasteiger partial charge on any atom is 0.254 e. The molecule has 5 rings (SSSR count). The SMILES string of the molecule is O=C(c1cccc(S(=O)(=O)NCc2cccs2)c1)N1CCC[C@@H]1c1ccc2c(c1)OCCO2. The summed E-state index contributed by atoms with van der Waals surface area (Å²) in [6.07, 6.45) is 1.72. The molecule has 3 aromatic rings. The highest BCUT2D eigenvalue weighted by Crippen LogP contribution is 2.38. The van der Waals surface area contributed by atoms with Crippen LogP contribution in [0.2, 0.25) is 0 Å². The Morgan fingerprint density at radius 3 is 2.73 bits per heavy atom. The molecule has 0 bridgehead atoms. The third-order valence-corrected chi connectivity index (χ3v) is 8.15. The average Bonchev–Trinajstić information content (AvgIpc) is 3.54. The minimum Gasteiger partial charge on any atom is -0.486 e.